The first-order chi connectivity index (χ1) is 12.4. The molecule has 0 aliphatic heterocycles. The molecule has 0 fully saturated rings. The van der Waals surface area contributed by atoms with Gasteiger partial charge in [0.25, 0.3) is 0 Å². The highest BCUT2D eigenvalue weighted by atomic mass is 14.2. The Morgan fingerprint density at radius 1 is 0.640 bits per heavy atom. The van der Waals surface area contributed by atoms with Gasteiger partial charge < -0.3 is 0 Å². The standard InChI is InChI=1S/C25H16/c1-2-8-18-16(7-1)13-17-14-24-21-11-5-3-9-19(21)20-10-4-6-12-22(20)25(24)15-23(17)18/h1-7,9-15H,8H2. The maximum Gasteiger partial charge on any atom is -0.00822 e. The second-order valence-corrected chi connectivity index (χ2v) is 6.95. The van der Waals surface area contributed by atoms with Gasteiger partial charge in [-0.15, -0.1) is 0 Å². The van der Waals surface area contributed by atoms with Gasteiger partial charge in [0.15, 0.2) is 0 Å². The largest absolute Gasteiger partial charge is 0.0801 e. The van der Waals surface area contributed by atoms with E-state index in [-0.39, 0.29) is 0 Å². The minimum absolute atomic E-state index is 1.03. The van der Waals surface area contributed by atoms with Gasteiger partial charge in [-0.05, 0) is 78.5 Å². The molecule has 2 aliphatic rings. The zero-order chi connectivity index (χ0) is 16.4. The Morgan fingerprint density at radius 3 is 1.92 bits per heavy atom. The van der Waals surface area contributed by atoms with Crippen LogP contribution in [0.25, 0.3) is 44.0 Å². The molecule has 0 saturated carbocycles. The number of rotatable bonds is 0. The molecule has 25 heavy (non-hydrogen) atoms. The van der Waals surface area contributed by atoms with Crippen LogP contribution in [0.15, 0.2) is 84.5 Å². The number of benzene rings is 4. The molecule has 0 heteroatoms. The Morgan fingerprint density at radius 2 is 1.24 bits per heavy atom. The maximum absolute atomic E-state index is 2.42. The van der Waals surface area contributed by atoms with E-state index in [1.807, 2.05) is 0 Å². The second-order valence-electron chi connectivity index (χ2n) is 6.95. The van der Waals surface area contributed by atoms with Gasteiger partial charge in [0.2, 0.25) is 0 Å². The first-order valence-corrected chi connectivity index (χ1v) is 8.85. The van der Waals surface area contributed by atoms with Crippen LogP contribution in [-0.4, -0.2) is 0 Å². The molecule has 0 spiro atoms. The van der Waals surface area contributed by atoms with Crippen molar-refractivity contribution >= 4 is 44.0 Å². The summed E-state index contributed by atoms with van der Waals surface area (Å²) in [6, 6.07) is 22.4. The third-order valence-corrected chi connectivity index (χ3v) is 5.63. The molecule has 0 unspecified atom stereocenters. The van der Waals surface area contributed by atoms with Gasteiger partial charge in [-0.25, -0.2) is 0 Å². The van der Waals surface area contributed by atoms with Crippen molar-refractivity contribution in [2.45, 2.75) is 6.42 Å². The third-order valence-electron chi connectivity index (χ3n) is 5.63. The van der Waals surface area contributed by atoms with Crippen molar-refractivity contribution in [3.63, 3.8) is 0 Å². The molecule has 4 aromatic rings. The molecular formula is C25H16. The van der Waals surface area contributed by atoms with Crippen LogP contribution >= 0.6 is 0 Å². The van der Waals surface area contributed by atoms with Gasteiger partial charge in [-0.2, -0.15) is 0 Å². The molecule has 0 aromatic heterocycles. The van der Waals surface area contributed by atoms with Gasteiger partial charge in [0.05, 0.1) is 0 Å². The first kappa shape index (κ1) is 13.2. The lowest BCUT2D eigenvalue weighted by molar-refractivity contribution is 1.36. The minimum atomic E-state index is 1.03. The highest BCUT2D eigenvalue weighted by Gasteiger charge is 2.14. The molecule has 6 rings (SSSR count). The Labute approximate surface area is 145 Å². The molecule has 0 radical (unpaired) electrons. The first-order valence-electron chi connectivity index (χ1n) is 8.85. The molecule has 116 valence electrons. The molecular weight excluding hydrogens is 300 g/mol. The fourth-order valence-corrected chi connectivity index (χ4v) is 4.49. The fraction of sp³-hybridized carbons (Fsp3) is 0.0400. The Bertz CT molecular complexity index is 1400. The average Bonchev–Trinajstić information content (AvgIpc) is 3.04. The van der Waals surface area contributed by atoms with Crippen molar-refractivity contribution in [2.75, 3.05) is 0 Å². The van der Waals surface area contributed by atoms with E-state index in [1.165, 1.54) is 53.9 Å². The van der Waals surface area contributed by atoms with Crippen LogP contribution in [0.3, 0.4) is 0 Å². The highest BCUT2D eigenvalue weighted by molar-refractivity contribution is 6.25. The van der Waals surface area contributed by atoms with Gasteiger partial charge in [0, 0.05) is 0 Å². The van der Waals surface area contributed by atoms with Crippen LogP contribution in [0, 0.1) is 0 Å². The topological polar surface area (TPSA) is 0 Å². The number of fused-ring (bicyclic) bond motifs is 8. The van der Waals surface area contributed by atoms with E-state index in [1.54, 1.807) is 0 Å². The van der Waals surface area contributed by atoms with Crippen LogP contribution in [0.1, 0.15) is 6.42 Å². The third kappa shape index (κ3) is 1.71. The predicted molar refractivity (Wildman–Crippen MR) is 108 cm³/mol. The predicted octanol–water partition coefficient (Wildman–Crippen LogP) is 4.98. The lowest BCUT2D eigenvalue weighted by atomic mass is 9.93. The quantitative estimate of drug-likeness (QED) is 0.401. The lowest BCUT2D eigenvalue weighted by Crippen LogP contribution is -2.22. The number of hydrogen-bond acceptors (Lipinski definition) is 0. The van der Waals surface area contributed by atoms with Gasteiger partial charge in [-0.1, -0.05) is 66.8 Å². The smallest absolute Gasteiger partial charge is 0.00822 e. The van der Waals surface area contributed by atoms with Crippen molar-refractivity contribution in [3.05, 3.63) is 94.9 Å². The minimum Gasteiger partial charge on any atom is -0.0801 e. The number of hydrogen-bond donors (Lipinski definition) is 0. The van der Waals surface area contributed by atoms with Crippen LogP contribution < -0.4 is 10.4 Å². The summed E-state index contributed by atoms with van der Waals surface area (Å²) in [4.78, 5) is 0. The lowest BCUT2D eigenvalue weighted by Gasteiger charge is -2.10. The Hall–Kier alpha value is -3.12. The summed E-state index contributed by atoms with van der Waals surface area (Å²) in [7, 11) is 0. The zero-order valence-corrected chi connectivity index (χ0v) is 13.8. The summed E-state index contributed by atoms with van der Waals surface area (Å²) >= 11 is 0. The molecule has 0 N–H and O–H groups in total. The van der Waals surface area contributed by atoms with E-state index in [0.717, 1.165) is 6.42 Å². The van der Waals surface area contributed by atoms with Crippen molar-refractivity contribution in [1.29, 1.82) is 0 Å². The van der Waals surface area contributed by atoms with Crippen molar-refractivity contribution < 1.29 is 0 Å². The van der Waals surface area contributed by atoms with Crippen molar-refractivity contribution in [2.24, 2.45) is 0 Å². The summed E-state index contributed by atoms with van der Waals surface area (Å²) in [6.45, 7) is 0. The average molecular weight is 316 g/mol. The Balaban J connectivity index is 1.93. The Kier molecular flexibility index (Phi) is 2.48. The number of allylic oxidation sites excluding steroid dienone is 4. The highest BCUT2D eigenvalue weighted by Crippen LogP contribution is 2.34. The van der Waals surface area contributed by atoms with Crippen molar-refractivity contribution in [3.8, 4) is 0 Å². The van der Waals surface area contributed by atoms with Crippen molar-refractivity contribution in [1.82, 2.24) is 0 Å². The summed E-state index contributed by atoms with van der Waals surface area (Å²) in [6.07, 6.45) is 10.0. The monoisotopic (exact) mass is 316 g/mol. The molecule has 0 amide bonds. The second kappa shape index (κ2) is 4.70. The van der Waals surface area contributed by atoms with E-state index >= 15 is 0 Å². The summed E-state index contributed by atoms with van der Waals surface area (Å²) in [5.74, 6) is 0. The molecule has 0 heterocycles. The van der Waals surface area contributed by atoms with Gasteiger partial charge in [0.1, 0.15) is 0 Å². The summed E-state index contributed by atoms with van der Waals surface area (Å²) < 4.78 is 0. The summed E-state index contributed by atoms with van der Waals surface area (Å²) in [5, 5.41) is 10.9. The van der Waals surface area contributed by atoms with Gasteiger partial charge in [-0.3, -0.25) is 0 Å². The van der Waals surface area contributed by atoms with Gasteiger partial charge >= 0.3 is 0 Å². The van der Waals surface area contributed by atoms with Crippen LogP contribution in [0.5, 0.6) is 0 Å². The SMILES string of the molecule is C1=CCC2=c3cc4c5ccccc5c5ccccc5c4cc3=CC2=C1. The van der Waals surface area contributed by atoms with Crippen LogP contribution in [0.4, 0.5) is 0 Å². The maximum atomic E-state index is 2.42. The normalized spacial score (nSPS) is 15.4. The van der Waals surface area contributed by atoms with E-state index in [9.17, 15) is 0 Å². The fourth-order valence-electron chi connectivity index (χ4n) is 4.49. The molecule has 2 aliphatic carbocycles. The molecule has 0 atom stereocenters. The zero-order valence-electron chi connectivity index (χ0n) is 13.8. The molecule has 0 bridgehead atoms. The molecule has 0 nitrogen and oxygen atoms in total. The van der Waals surface area contributed by atoms with E-state index in [0.29, 0.717) is 0 Å². The van der Waals surface area contributed by atoms with E-state index in [4.69, 9.17) is 0 Å². The van der Waals surface area contributed by atoms with Crippen LogP contribution in [-0.2, 0) is 0 Å². The van der Waals surface area contributed by atoms with Crippen LogP contribution in [0.2, 0.25) is 0 Å². The van der Waals surface area contributed by atoms with E-state index < -0.39 is 0 Å². The molecule has 0 saturated heterocycles. The summed E-state index contributed by atoms with van der Waals surface area (Å²) in [5.41, 5.74) is 2.85. The molecule has 4 aromatic carbocycles. The van der Waals surface area contributed by atoms with E-state index in [2.05, 4.69) is 85.0 Å².